The maximum atomic E-state index is 13.7. The Morgan fingerprint density at radius 1 is 1.29 bits per heavy atom. The number of methoxy groups -OCH3 is 1. The van der Waals surface area contributed by atoms with Crippen LogP contribution in [-0.4, -0.2) is 43.0 Å². The molecule has 10 heteroatoms. The van der Waals surface area contributed by atoms with Gasteiger partial charge in [0.1, 0.15) is 18.1 Å². The summed E-state index contributed by atoms with van der Waals surface area (Å²) in [6.07, 6.45) is 1.40. The van der Waals surface area contributed by atoms with Gasteiger partial charge in [-0.25, -0.2) is 14.1 Å². The highest BCUT2D eigenvalue weighted by molar-refractivity contribution is 6.32. The Balaban J connectivity index is 1.77. The minimum atomic E-state index is -0.774. The number of carbonyl (C=O) groups is 3. The fourth-order valence-electron chi connectivity index (χ4n) is 2.89. The maximum Gasteiger partial charge on any atom is 0.329 e. The number of nitrogens with one attached hydrogen (secondary N) is 2. The molecule has 0 unspecified atom stereocenters. The van der Waals surface area contributed by atoms with Gasteiger partial charge >= 0.3 is 6.03 Å². The lowest BCUT2D eigenvalue weighted by Crippen LogP contribution is -2.38. The summed E-state index contributed by atoms with van der Waals surface area (Å²) in [5, 5.41) is 5.01. The molecule has 1 saturated heterocycles. The first-order chi connectivity index (χ1) is 14.8. The Kier molecular flexibility index (Phi) is 6.76. The van der Waals surface area contributed by atoms with Gasteiger partial charge in [-0.2, -0.15) is 0 Å². The molecule has 0 bridgehead atoms. The predicted molar refractivity (Wildman–Crippen MR) is 112 cm³/mol. The second kappa shape index (κ2) is 9.48. The molecule has 1 fully saturated rings. The van der Waals surface area contributed by atoms with Crippen LogP contribution in [0.2, 0.25) is 5.02 Å². The lowest BCUT2D eigenvalue weighted by atomic mass is 10.1. The highest BCUT2D eigenvalue weighted by Crippen LogP contribution is 2.37. The molecule has 0 aromatic heterocycles. The second-order valence-electron chi connectivity index (χ2n) is 6.37. The highest BCUT2D eigenvalue weighted by atomic mass is 35.5. The third-order valence-corrected chi connectivity index (χ3v) is 4.54. The van der Waals surface area contributed by atoms with Crippen molar-refractivity contribution in [3.8, 4) is 11.5 Å². The van der Waals surface area contributed by atoms with Gasteiger partial charge in [-0.1, -0.05) is 23.7 Å². The van der Waals surface area contributed by atoms with Crippen LogP contribution in [0, 0.1) is 5.82 Å². The maximum absolute atomic E-state index is 13.7. The van der Waals surface area contributed by atoms with Gasteiger partial charge < -0.3 is 20.1 Å². The summed E-state index contributed by atoms with van der Waals surface area (Å²) < 4.78 is 24.4. The molecule has 2 aromatic rings. The van der Waals surface area contributed by atoms with E-state index in [1.165, 1.54) is 31.4 Å². The quantitative estimate of drug-likeness (QED) is 0.500. The number of imide groups is 1. The van der Waals surface area contributed by atoms with E-state index in [-0.39, 0.29) is 16.4 Å². The van der Waals surface area contributed by atoms with Crippen molar-refractivity contribution in [2.75, 3.05) is 25.6 Å². The Morgan fingerprint density at radius 3 is 2.71 bits per heavy atom. The minimum absolute atomic E-state index is 0.0496. The summed E-state index contributed by atoms with van der Waals surface area (Å²) >= 11 is 6.23. The van der Waals surface area contributed by atoms with Gasteiger partial charge in [-0.05, 0) is 42.8 Å². The number of ether oxygens (including phenoxy) is 2. The number of anilines is 1. The van der Waals surface area contributed by atoms with Gasteiger partial charge in [0.2, 0.25) is 5.91 Å². The smallest absolute Gasteiger partial charge is 0.329 e. The van der Waals surface area contributed by atoms with E-state index in [0.717, 1.165) is 4.90 Å². The number of carbonyl (C=O) groups excluding carboxylic acids is 3. The number of amides is 4. The third kappa shape index (κ3) is 4.95. The fourth-order valence-corrected chi connectivity index (χ4v) is 3.16. The van der Waals surface area contributed by atoms with E-state index in [1.54, 1.807) is 25.1 Å². The molecule has 0 saturated carbocycles. The summed E-state index contributed by atoms with van der Waals surface area (Å²) in [6.45, 7) is 1.61. The number of benzene rings is 2. The Labute approximate surface area is 182 Å². The number of urea groups is 1. The average Bonchev–Trinajstić information content (AvgIpc) is 2.98. The zero-order chi connectivity index (χ0) is 22.5. The first kappa shape index (κ1) is 22.1. The first-order valence-electron chi connectivity index (χ1n) is 9.23. The van der Waals surface area contributed by atoms with Crippen molar-refractivity contribution >= 4 is 41.2 Å². The third-order valence-electron chi connectivity index (χ3n) is 4.26. The van der Waals surface area contributed by atoms with Gasteiger partial charge in [0, 0.05) is 0 Å². The molecule has 31 heavy (non-hydrogen) atoms. The van der Waals surface area contributed by atoms with Crippen molar-refractivity contribution in [2.45, 2.75) is 6.92 Å². The first-order valence-corrected chi connectivity index (χ1v) is 9.61. The molecule has 2 N–H and O–H groups in total. The van der Waals surface area contributed by atoms with Gasteiger partial charge in [-0.3, -0.25) is 9.59 Å². The van der Waals surface area contributed by atoms with Crippen LogP contribution in [0.25, 0.3) is 6.08 Å². The van der Waals surface area contributed by atoms with Crippen molar-refractivity contribution in [1.82, 2.24) is 10.2 Å². The van der Waals surface area contributed by atoms with Gasteiger partial charge in [0.15, 0.2) is 11.5 Å². The number of hydrogen-bond acceptors (Lipinski definition) is 5. The van der Waals surface area contributed by atoms with Gasteiger partial charge in [0.05, 0.1) is 24.4 Å². The van der Waals surface area contributed by atoms with Gasteiger partial charge in [-0.15, -0.1) is 0 Å². The molecular weight excluding hydrogens is 429 g/mol. The molecular formula is C21H19ClFN3O5. The van der Waals surface area contributed by atoms with Crippen LogP contribution in [0.1, 0.15) is 12.5 Å². The van der Waals surface area contributed by atoms with Crippen LogP contribution < -0.4 is 20.1 Å². The van der Waals surface area contributed by atoms with Crippen LogP contribution in [0.3, 0.4) is 0 Å². The summed E-state index contributed by atoms with van der Waals surface area (Å²) in [5.74, 6) is -1.34. The Morgan fingerprint density at radius 2 is 2.03 bits per heavy atom. The largest absolute Gasteiger partial charge is 0.493 e. The fraction of sp³-hybridized carbons (Fsp3) is 0.190. The number of rotatable bonds is 7. The number of para-hydroxylation sites is 1. The van der Waals surface area contributed by atoms with Crippen LogP contribution >= 0.6 is 11.6 Å². The molecule has 8 nitrogen and oxygen atoms in total. The van der Waals surface area contributed by atoms with Crippen LogP contribution in [0.5, 0.6) is 11.5 Å². The number of halogens is 2. The molecule has 162 valence electrons. The van der Waals surface area contributed by atoms with Crippen LogP contribution in [0.15, 0.2) is 42.1 Å². The zero-order valence-corrected chi connectivity index (χ0v) is 17.5. The predicted octanol–water partition coefficient (Wildman–Crippen LogP) is 3.42. The standard InChI is InChI=1S/C21H19ClFN3O5/c1-3-31-19-13(22)8-12(10-17(19)30-2)9-16-20(28)26(21(29)25-16)11-18(27)24-15-7-5-4-6-14(15)23/h4-10H,3,11H2,1-2H3,(H,24,27)(H,25,29)/b16-9+. The number of nitrogens with zero attached hydrogens (tertiary/aromatic N) is 1. The molecule has 0 atom stereocenters. The lowest BCUT2D eigenvalue weighted by Gasteiger charge is -2.12. The highest BCUT2D eigenvalue weighted by Gasteiger charge is 2.35. The SMILES string of the molecule is CCOc1c(Cl)cc(/C=C2/NC(=O)N(CC(=O)Nc3ccccc3F)C2=O)cc1OC. The minimum Gasteiger partial charge on any atom is -0.493 e. The Bertz CT molecular complexity index is 1070. The molecule has 1 aliphatic heterocycles. The van der Waals surface area contributed by atoms with E-state index >= 15 is 0 Å². The van der Waals surface area contributed by atoms with E-state index in [0.29, 0.717) is 23.7 Å². The van der Waals surface area contributed by atoms with E-state index in [4.69, 9.17) is 21.1 Å². The van der Waals surface area contributed by atoms with Crippen molar-refractivity contribution in [3.05, 3.63) is 58.5 Å². The second-order valence-corrected chi connectivity index (χ2v) is 6.78. The van der Waals surface area contributed by atoms with Crippen molar-refractivity contribution in [1.29, 1.82) is 0 Å². The van der Waals surface area contributed by atoms with Crippen LogP contribution in [0.4, 0.5) is 14.9 Å². The Hall–Kier alpha value is -3.59. The molecule has 1 aliphatic rings. The molecule has 0 spiro atoms. The van der Waals surface area contributed by atoms with Crippen molar-refractivity contribution < 1.29 is 28.2 Å². The monoisotopic (exact) mass is 447 g/mol. The van der Waals surface area contributed by atoms with E-state index in [9.17, 15) is 18.8 Å². The van der Waals surface area contributed by atoms with Crippen molar-refractivity contribution in [3.63, 3.8) is 0 Å². The van der Waals surface area contributed by atoms with E-state index < -0.39 is 30.2 Å². The van der Waals surface area contributed by atoms with Gasteiger partial charge in [0.25, 0.3) is 5.91 Å². The molecule has 3 rings (SSSR count). The molecule has 2 aromatic carbocycles. The summed E-state index contributed by atoms with van der Waals surface area (Å²) in [5.41, 5.74) is 0.379. The zero-order valence-electron chi connectivity index (χ0n) is 16.7. The van der Waals surface area contributed by atoms with Crippen molar-refractivity contribution in [2.24, 2.45) is 0 Å². The topological polar surface area (TPSA) is 97.0 Å². The normalized spacial score (nSPS) is 14.6. The number of hydrogen-bond donors (Lipinski definition) is 2. The van der Waals surface area contributed by atoms with E-state index in [1.807, 2.05) is 0 Å². The molecule has 1 heterocycles. The summed E-state index contributed by atoms with van der Waals surface area (Å²) in [4.78, 5) is 37.7. The lowest BCUT2D eigenvalue weighted by molar-refractivity contribution is -0.127. The van der Waals surface area contributed by atoms with Crippen LogP contribution in [-0.2, 0) is 9.59 Å². The van der Waals surface area contributed by atoms with E-state index in [2.05, 4.69) is 10.6 Å². The average molecular weight is 448 g/mol. The molecule has 4 amide bonds. The molecule has 0 aliphatic carbocycles. The summed E-state index contributed by atoms with van der Waals surface area (Å²) in [6, 6.07) is 7.94. The molecule has 0 radical (unpaired) electrons. The summed E-state index contributed by atoms with van der Waals surface area (Å²) in [7, 11) is 1.45.